The third-order valence-corrected chi connectivity index (χ3v) is 3.88. The van der Waals surface area contributed by atoms with Crippen LogP contribution in [0.3, 0.4) is 0 Å². The molecule has 0 aliphatic carbocycles. The number of aromatic amines is 1. The molecule has 2 rings (SSSR count). The van der Waals surface area contributed by atoms with Crippen LogP contribution in [0.4, 0.5) is 5.69 Å². The molecule has 5 nitrogen and oxygen atoms in total. The summed E-state index contributed by atoms with van der Waals surface area (Å²) in [5, 5.41) is 3.73. The number of H-pyrrole nitrogens is 1. The van der Waals surface area contributed by atoms with Gasteiger partial charge < -0.3 is 16.0 Å². The molecule has 2 aromatic rings. The van der Waals surface area contributed by atoms with Crippen molar-refractivity contribution < 1.29 is 37.5 Å². The van der Waals surface area contributed by atoms with E-state index in [4.69, 9.17) is 5.73 Å². The Kier molecular flexibility index (Phi) is 9.23. The zero-order valence-corrected chi connectivity index (χ0v) is 17.0. The predicted molar refractivity (Wildman–Crippen MR) is 94.0 cm³/mol. The Morgan fingerprint density at radius 2 is 1.92 bits per heavy atom. The van der Waals surface area contributed by atoms with E-state index in [1.807, 2.05) is 0 Å². The van der Waals surface area contributed by atoms with Gasteiger partial charge in [0, 0.05) is 56.2 Å². The van der Waals surface area contributed by atoms with Gasteiger partial charge in [-0.2, -0.15) is 0 Å². The van der Waals surface area contributed by atoms with E-state index in [-0.39, 0.29) is 50.6 Å². The fourth-order valence-electron chi connectivity index (χ4n) is 2.67. The number of unbranched alkanes of at least 4 members (excludes halogenated alkanes) is 4. The van der Waals surface area contributed by atoms with Crippen LogP contribution in [0.2, 0.25) is 0 Å². The van der Waals surface area contributed by atoms with Crippen LogP contribution in [0.25, 0.3) is 16.6 Å². The van der Waals surface area contributed by atoms with Crippen molar-refractivity contribution in [2.75, 3.05) is 6.54 Å². The molecular weight excluding hydrogens is 379 g/mol. The second kappa shape index (κ2) is 10.6. The van der Waals surface area contributed by atoms with Gasteiger partial charge in [-0.3, -0.25) is 9.59 Å². The van der Waals surface area contributed by atoms with Crippen LogP contribution in [0.15, 0.2) is 29.1 Å². The molecule has 127 valence electrons. The standard InChI is InChI=1S/C18H25N3O2.Y/c1-2-3-4-5-6-9-20-17(22)10-13-11-18(23)21-16-12-14(19)7-8-15(13)16;/h7-8,11-12H,2-6,9-10H2,1H3,(H4,19,20,21,22,23);/p-1. The van der Waals surface area contributed by atoms with Gasteiger partial charge in [-0.05, 0) is 12.0 Å². The monoisotopic (exact) mass is 403 g/mol. The molecule has 1 radical (unpaired) electrons. The maximum absolute atomic E-state index is 12.1. The Bertz CT molecular complexity index is 728. The van der Waals surface area contributed by atoms with Crippen molar-refractivity contribution in [1.29, 1.82) is 0 Å². The summed E-state index contributed by atoms with van der Waals surface area (Å²) in [5.41, 5.74) is 9.01. The molecule has 0 unspecified atom stereocenters. The third-order valence-electron chi connectivity index (χ3n) is 3.88. The summed E-state index contributed by atoms with van der Waals surface area (Å²) in [5.74, 6) is -0.0673. The van der Waals surface area contributed by atoms with Crippen LogP contribution >= 0.6 is 0 Å². The number of rotatable bonds is 8. The second-order valence-electron chi connectivity index (χ2n) is 5.86. The van der Waals surface area contributed by atoms with Crippen molar-refractivity contribution in [3.63, 3.8) is 0 Å². The van der Waals surface area contributed by atoms with Crippen molar-refractivity contribution in [2.24, 2.45) is 0 Å². The summed E-state index contributed by atoms with van der Waals surface area (Å²) in [6.07, 6.45) is 5.97. The van der Waals surface area contributed by atoms with E-state index in [0.29, 0.717) is 23.3 Å². The minimum Gasteiger partial charge on any atom is -0.699 e. The molecule has 1 aromatic heterocycles. The number of fused-ring (bicyclic) bond motifs is 1. The van der Waals surface area contributed by atoms with Gasteiger partial charge >= 0.3 is 0 Å². The van der Waals surface area contributed by atoms with Crippen LogP contribution in [-0.2, 0) is 43.9 Å². The normalized spacial score (nSPS) is 10.4. The number of carbonyl (C=O) groups is 1. The van der Waals surface area contributed by atoms with E-state index >= 15 is 0 Å². The number of pyridine rings is 1. The molecule has 1 aromatic carbocycles. The first-order valence-corrected chi connectivity index (χ1v) is 8.24. The molecule has 6 heteroatoms. The van der Waals surface area contributed by atoms with Crippen LogP contribution in [-0.4, -0.2) is 17.4 Å². The molecule has 1 amide bonds. The number of aromatic nitrogens is 1. The number of carbonyl (C=O) groups excluding carboxylic acids is 1. The van der Waals surface area contributed by atoms with Gasteiger partial charge in [0.25, 0.3) is 0 Å². The zero-order chi connectivity index (χ0) is 16.7. The quantitative estimate of drug-likeness (QED) is 0.657. The van der Waals surface area contributed by atoms with Crippen LogP contribution in [0, 0.1) is 0 Å². The largest absolute Gasteiger partial charge is 0.699 e. The van der Waals surface area contributed by atoms with Crippen LogP contribution < -0.4 is 10.9 Å². The summed E-state index contributed by atoms with van der Waals surface area (Å²) in [7, 11) is 0. The van der Waals surface area contributed by atoms with E-state index in [2.05, 4.69) is 17.2 Å². The summed E-state index contributed by atoms with van der Waals surface area (Å²) in [6.45, 7) is 2.86. The first-order valence-electron chi connectivity index (χ1n) is 8.24. The second-order valence-corrected chi connectivity index (χ2v) is 5.86. The fourth-order valence-corrected chi connectivity index (χ4v) is 2.67. The van der Waals surface area contributed by atoms with E-state index in [0.717, 1.165) is 18.2 Å². The summed E-state index contributed by atoms with van der Waals surface area (Å²) < 4.78 is 0. The smallest absolute Gasteiger partial charge is 0.248 e. The molecule has 0 spiro atoms. The maximum Gasteiger partial charge on any atom is 0.248 e. The van der Waals surface area contributed by atoms with E-state index in [1.165, 1.54) is 25.3 Å². The molecule has 0 saturated carbocycles. The Hall–Kier alpha value is -1.20. The van der Waals surface area contributed by atoms with Crippen molar-refractivity contribution >= 4 is 22.5 Å². The first-order chi connectivity index (χ1) is 11.1. The molecule has 0 saturated heterocycles. The minimum absolute atomic E-state index is 0. The van der Waals surface area contributed by atoms with Crippen LogP contribution in [0.5, 0.6) is 0 Å². The Morgan fingerprint density at radius 3 is 2.67 bits per heavy atom. The molecular formula is C18H24N3O2Y-. The SMILES string of the molecule is CCCCCCCNC(=O)Cc1cc(=O)[nH]c2cc([NH-])ccc12.[Y]. The van der Waals surface area contributed by atoms with Crippen molar-refractivity contribution in [2.45, 2.75) is 45.4 Å². The van der Waals surface area contributed by atoms with Gasteiger partial charge in [0.1, 0.15) is 0 Å². The molecule has 0 aliphatic heterocycles. The van der Waals surface area contributed by atoms with E-state index in [9.17, 15) is 9.59 Å². The average Bonchev–Trinajstić information content (AvgIpc) is 2.50. The number of nitrogens with one attached hydrogen (secondary N) is 3. The maximum atomic E-state index is 12.1. The molecule has 1 heterocycles. The van der Waals surface area contributed by atoms with Gasteiger partial charge in [0.2, 0.25) is 11.5 Å². The van der Waals surface area contributed by atoms with Crippen molar-refractivity contribution in [3.8, 4) is 0 Å². The number of hydrogen-bond acceptors (Lipinski definition) is 2. The Labute approximate surface area is 167 Å². The Balaban J connectivity index is 0.00000288. The van der Waals surface area contributed by atoms with Gasteiger partial charge in [0.15, 0.2) is 0 Å². The number of hydrogen-bond donors (Lipinski definition) is 2. The van der Waals surface area contributed by atoms with E-state index in [1.54, 1.807) is 18.2 Å². The predicted octanol–water partition coefficient (Wildman–Crippen LogP) is 3.84. The molecule has 3 N–H and O–H groups in total. The van der Waals surface area contributed by atoms with Crippen molar-refractivity contribution in [1.82, 2.24) is 10.3 Å². The summed E-state index contributed by atoms with van der Waals surface area (Å²) in [6, 6.07) is 6.51. The third kappa shape index (κ3) is 6.36. The molecule has 24 heavy (non-hydrogen) atoms. The van der Waals surface area contributed by atoms with Gasteiger partial charge in [-0.15, -0.1) is 5.69 Å². The van der Waals surface area contributed by atoms with Gasteiger partial charge in [0.05, 0.1) is 6.42 Å². The summed E-state index contributed by atoms with van der Waals surface area (Å²) >= 11 is 0. The molecule has 0 bridgehead atoms. The molecule has 0 aliphatic rings. The summed E-state index contributed by atoms with van der Waals surface area (Å²) in [4.78, 5) is 26.5. The number of benzene rings is 1. The van der Waals surface area contributed by atoms with Crippen LogP contribution in [0.1, 0.15) is 44.6 Å². The van der Waals surface area contributed by atoms with Gasteiger partial charge in [-0.1, -0.05) is 50.8 Å². The Morgan fingerprint density at radius 1 is 1.17 bits per heavy atom. The van der Waals surface area contributed by atoms with E-state index < -0.39 is 0 Å². The van der Waals surface area contributed by atoms with Crippen molar-refractivity contribution in [3.05, 3.63) is 45.9 Å². The molecule has 0 atom stereocenters. The zero-order valence-electron chi connectivity index (χ0n) is 14.2. The fraction of sp³-hybridized carbons (Fsp3) is 0.444. The molecule has 0 fully saturated rings. The first kappa shape index (κ1) is 20.8. The number of amides is 1. The van der Waals surface area contributed by atoms with Gasteiger partial charge in [-0.25, -0.2) is 0 Å². The minimum atomic E-state index is -0.245. The topological polar surface area (TPSA) is 85.8 Å². The average molecular weight is 403 g/mol.